The first-order valence-corrected chi connectivity index (χ1v) is 8.46. The van der Waals surface area contributed by atoms with Gasteiger partial charge in [0.05, 0.1) is 16.4 Å². The minimum atomic E-state index is -1.31. The molecule has 0 saturated heterocycles. The van der Waals surface area contributed by atoms with E-state index in [0.29, 0.717) is 22.0 Å². The Morgan fingerprint density at radius 3 is 2.68 bits per heavy atom. The minimum absolute atomic E-state index is 0.182. The molecule has 0 aliphatic carbocycles. The van der Waals surface area contributed by atoms with Gasteiger partial charge in [-0.05, 0) is 29.8 Å². The summed E-state index contributed by atoms with van der Waals surface area (Å²) in [6.07, 6.45) is -0.731. The highest BCUT2D eigenvalue weighted by atomic mass is 35.5. The van der Waals surface area contributed by atoms with Gasteiger partial charge in [0.25, 0.3) is 0 Å². The highest BCUT2D eigenvalue weighted by molar-refractivity contribution is 7.13. The molecular formula is C17H13ClFN3O2S. The zero-order chi connectivity index (χ0) is 18.0. The third-order valence-electron chi connectivity index (χ3n) is 3.51. The van der Waals surface area contributed by atoms with Crippen molar-refractivity contribution in [3.63, 3.8) is 0 Å². The first-order valence-electron chi connectivity index (χ1n) is 7.20. The third-order valence-corrected chi connectivity index (χ3v) is 4.77. The molecule has 5 nitrogen and oxygen atoms in total. The van der Waals surface area contributed by atoms with Crippen LogP contribution in [0.2, 0.25) is 5.02 Å². The molecule has 0 aliphatic heterocycles. The molecule has 8 heteroatoms. The van der Waals surface area contributed by atoms with Crippen molar-refractivity contribution in [3.8, 4) is 10.6 Å². The van der Waals surface area contributed by atoms with Crippen LogP contribution in [0.4, 0.5) is 14.9 Å². The summed E-state index contributed by atoms with van der Waals surface area (Å²) in [4.78, 5) is 15.6. The van der Waals surface area contributed by atoms with Gasteiger partial charge in [0.2, 0.25) is 0 Å². The first kappa shape index (κ1) is 17.3. The van der Waals surface area contributed by atoms with E-state index in [2.05, 4.69) is 4.98 Å². The van der Waals surface area contributed by atoms with Crippen LogP contribution in [0.25, 0.3) is 10.6 Å². The van der Waals surface area contributed by atoms with Gasteiger partial charge in [-0.3, -0.25) is 0 Å². The van der Waals surface area contributed by atoms with Crippen molar-refractivity contribution < 1.29 is 14.3 Å². The van der Waals surface area contributed by atoms with Gasteiger partial charge in [0.1, 0.15) is 10.8 Å². The molecule has 2 aromatic carbocycles. The fourth-order valence-electron chi connectivity index (χ4n) is 2.27. The number of hydrogen-bond donors (Lipinski definition) is 2. The van der Waals surface area contributed by atoms with Crippen molar-refractivity contribution in [2.24, 2.45) is 5.84 Å². The second kappa shape index (κ2) is 7.18. The third kappa shape index (κ3) is 3.96. The molecule has 1 heterocycles. The van der Waals surface area contributed by atoms with Crippen LogP contribution in [0.5, 0.6) is 0 Å². The SMILES string of the molecule is NN(C(=O)O)c1cc(-c2nc(Cc3ccc(F)cc3)cs2)ccc1Cl. The van der Waals surface area contributed by atoms with Gasteiger partial charge in [-0.15, -0.1) is 11.3 Å². The number of hydrazine groups is 1. The van der Waals surface area contributed by atoms with Gasteiger partial charge in [0, 0.05) is 17.4 Å². The maximum absolute atomic E-state index is 13.0. The molecule has 3 N–H and O–H groups in total. The maximum Gasteiger partial charge on any atom is 0.426 e. The second-order valence-corrected chi connectivity index (χ2v) is 6.53. The molecule has 1 aromatic heterocycles. The molecule has 25 heavy (non-hydrogen) atoms. The molecular weight excluding hydrogens is 365 g/mol. The number of carboxylic acid groups (broad SMARTS) is 1. The average Bonchev–Trinajstić information content (AvgIpc) is 3.05. The van der Waals surface area contributed by atoms with Gasteiger partial charge in [0.15, 0.2) is 0 Å². The normalized spacial score (nSPS) is 10.7. The van der Waals surface area contributed by atoms with E-state index in [-0.39, 0.29) is 16.5 Å². The summed E-state index contributed by atoms with van der Waals surface area (Å²) in [6.45, 7) is 0. The fraction of sp³-hybridized carbons (Fsp3) is 0.0588. The van der Waals surface area contributed by atoms with Crippen molar-refractivity contribution in [1.29, 1.82) is 0 Å². The molecule has 3 rings (SSSR count). The van der Waals surface area contributed by atoms with E-state index in [1.165, 1.54) is 23.5 Å². The first-order chi connectivity index (χ1) is 11.9. The van der Waals surface area contributed by atoms with Crippen molar-refractivity contribution in [1.82, 2.24) is 4.98 Å². The molecule has 0 saturated carbocycles. The number of benzene rings is 2. The predicted octanol–water partition coefficient (Wildman–Crippen LogP) is 4.55. The average molecular weight is 378 g/mol. The molecule has 0 aliphatic rings. The van der Waals surface area contributed by atoms with Crippen LogP contribution in [-0.4, -0.2) is 16.2 Å². The number of nitrogens with zero attached hydrogens (tertiary/aromatic N) is 2. The Labute approximate surface area is 152 Å². The van der Waals surface area contributed by atoms with E-state index in [1.54, 1.807) is 30.3 Å². The molecule has 0 spiro atoms. The van der Waals surface area contributed by atoms with E-state index in [4.69, 9.17) is 22.6 Å². The number of anilines is 1. The lowest BCUT2D eigenvalue weighted by Gasteiger charge is -2.14. The number of carbonyl (C=O) groups is 1. The molecule has 3 aromatic rings. The lowest BCUT2D eigenvalue weighted by Crippen LogP contribution is -2.36. The molecule has 0 unspecified atom stereocenters. The fourth-order valence-corrected chi connectivity index (χ4v) is 3.29. The topological polar surface area (TPSA) is 79.5 Å². The van der Waals surface area contributed by atoms with Crippen LogP contribution in [0.3, 0.4) is 0 Å². The summed E-state index contributed by atoms with van der Waals surface area (Å²) < 4.78 is 13.0. The number of amides is 1. The number of aromatic nitrogens is 1. The molecule has 0 radical (unpaired) electrons. The monoisotopic (exact) mass is 377 g/mol. The van der Waals surface area contributed by atoms with Crippen molar-refractivity contribution in [3.05, 3.63) is 69.9 Å². The Hall–Kier alpha value is -2.48. The van der Waals surface area contributed by atoms with Gasteiger partial charge in [-0.2, -0.15) is 0 Å². The number of halogens is 2. The van der Waals surface area contributed by atoms with Gasteiger partial charge >= 0.3 is 6.09 Å². The summed E-state index contributed by atoms with van der Waals surface area (Å²) >= 11 is 7.44. The van der Waals surface area contributed by atoms with E-state index < -0.39 is 6.09 Å². The Bertz CT molecular complexity index is 915. The standard InChI is InChI=1S/C17H13ClFN3O2S/c18-14-6-3-11(8-15(14)22(20)17(23)24)16-21-13(9-25-16)7-10-1-4-12(19)5-2-10/h1-6,8-9H,7,20H2,(H,23,24). The van der Waals surface area contributed by atoms with Crippen LogP contribution in [0, 0.1) is 5.82 Å². The minimum Gasteiger partial charge on any atom is -0.464 e. The Kier molecular flexibility index (Phi) is 4.98. The van der Waals surface area contributed by atoms with Crippen LogP contribution in [0.15, 0.2) is 47.8 Å². The van der Waals surface area contributed by atoms with Crippen LogP contribution < -0.4 is 10.9 Å². The van der Waals surface area contributed by atoms with Crippen LogP contribution in [-0.2, 0) is 6.42 Å². The lowest BCUT2D eigenvalue weighted by atomic mass is 10.1. The van der Waals surface area contributed by atoms with E-state index in [0.717, 1.165) is 11.3 Å². The molecule has 1 amide bonds. The van der Waals surface area contributed by atoms with Crippen molar-refractivity contribution >= 4 is 34.7 Å². The summed E-state index contributed by atoms with van der Waals surface area (Å²) in [7, 11) is 0. The Balaban J connectivity index is 1.85. The van der Waals surface area contributed by atoms with E-state index >= 15 is 0 Å². The number of rotatable bonds is 4. The highest BCUT2D eigenvalue weighted by Gasteiger charge is 2.15. The quantitative estimate of drug-likeness (QED) is 0.397. The highest BCUT2D eigenvalue weighted by Crippen LogP contribution is 2.32. The van der Waals surface area contributed by atoms with Gasteiger partial charge in [-0.25, -0.2) is 25.0 Å². The molecule has 0 bridgehead atoms. The van der Waals surface area contributed by atoms with Gasteiger partial charge < -0.3 is 5.11 Å². The number of hydrogen-bond acceptors (Lipinski definition) is 4. The number of thiazole rings is 1. The number of nitrogens with two attached hydrogens (primary N) is 1. The van der Waals surface area contributed by atoms with Crippen molar-refractivity contribution in [2.45, 2.75) is 6.42 Å². The van der Waals surface area contributed by atoms with Gasteiger partial charge in [-0.1, -0.05) is 29.8 Å². The molecule has 0 fully saturated rings. The lowest BCUT2D eigenvalue weighted by molar-refractivity contribution is 0.202. The zero-order valence-corrected chi connectivity index (χ0v) is 14.4. The summed E-state index contributed by atoms with van der Waals surface area (Å²) in [5.41, 5.74) is 2.69. The summed E-state index contributed by atoms with van der Waals surface area (Å²) in [6, 6.07) is 11.2. The summed E-state index contributed by atoms with van der Waals surface area (Å²) in [5.74, 6) is 5.23. The predicted molar refractivity (Wildman–Crippen MR) is 96.5 cm³/mol. The largest absolute Gasteiger partial charge is 0.464 e. The van der Waals surface area contributed by atoms with Crippen LogP contribution in [0.1, 0.15) is 11.3 Å². The zero-order valence-electron chi connectivity index (χ0n) is 12.8. The Morgan fingerprint density at radius 2 is 2.00 bits per heavy atom. The maximum atomic E-state index is 13.0. The Morgan fingerprint density at radius 1 is 1.28 bits per heavy atom. The second-order valence-electron chi connectivity index (χ2n) is 5.27. The van der Waals surface area contributed by atoms with Crippen LogP contribution >= 0.6 is 22.9 Å². The summed E-state index contributed by atoms with van der Waals surface area (Å²) in [5, 5.41) is 12.4. The molecule has 128 valence electrons. The smallest absolute Gasteiger partial charge is 0.426 e. The molecule has 0 atom stereocenters. The van der Waals surface area contributed by atoms with Crippen molar-refractivity contribution in [2.75, 3.05) is 5.01 Å². The van der Waals surface area contributed by atoms with E-state index in [1.807, 2.05) is 5.38 Å². The van der Waals surface area contributed by atoms with E-state index in [9.17, 15) is 9.18 Å².